The molecule has 0 unspecified atom stereocenters. The number of rotatable bonds is 5. The highest BCUT2D eigenvalue weighted by molar-refractivity contribution is 9.10. The topological polar surface area (TPSA) is 70.2 Å². The van der Waals surface area contributed by atoms with Crippen molar-refractivity contribution in [3.05, 3.63) is 32.5 Å². The highest BCUT2D eigenvalue weighted by Gasteiger charge is 2.23. The summed E-state index contributed by atoms with van der Waals surface area (Å²) in [6.45, 7) is 4.07. The molecule has 1 rings (SSSR count). The molecule has 0 aliphatic carbocycles. The van der Waals surface area contributed by atoms with Gasteiger partial charge in [-0.2, -0.15) is 5.26 Å². The van der Waals surface area contributed by atoms with Gasteiger partial charge in [0.05, 0.1) is 28.0 Å². The molecule has 0 spiro atoms. The van der Waals surface area contributed by atoms with Crippen molar-refractivity contribution in [3.8, 4) is 6.07 Å². The van der Waals surface area contributed by atoms with Crippen molar-refractivity contribution in [3.63, 3.8) is 0 Å². The van der Waals surface area contributed by atoms with Gasteiger partial charge >= 0.3 is 0 Å². The van der Waals surface area contributed by atoms with Crippen LogP contribution in [0.15, 0.2) is 16.6 Å². The Morgan fingerprint density at radius 1 is 1.58 bits per heavy atom. The number of nitriles is 1. The van der Waals surface area contributed by atoms with Crippen LogP contribution in [-0.2, 0) is 0 Å². The van der Waals surface area contributed by atoms with Gasteiger partial charge in [0, 0.05) is 12.6 Å². The van der Waals surface area contributed by atoms with Gasteiger partial charge in [-0.1, -0.05) is 0 Å². The smallest absolute Gasteiger partial charge is 0.295 e. The second-order valence-corrected chi connectivity index (χ2v) is 5.06. The van der Waals surface area contributed by atoms with Gasteiger partial charge in [-0.05, 0) is 35.8 Å². The van der Waals surface area contributed by atoms with Crippen molar-refractivity contribution in [2.75, 3.05) is 11.4 Å². The van der Waals surface area contributed by atoms with Crippen LogP contribution in [0.25, 0.3) is 0 Å². The van der Waals surface area contributed by atoms with Crippen LogP contribution < -0.4 is 4.90 Å². The molecule has 0 saturated carbocycles. The van der Waals surface area contributed by atoms with Gasteiger partial charge in [-0.3, -0.25) is 10.1 Å². The first-order chi connectivity index (χ1) is 8.88. The molecule has 0 N–H and O–H groups in total. The van der Waals surface area contributed by atoms with Crippen LogP contribution in [0.2, 0.25) is 0 Å². The lowest BCUT2D eigenvalue weighted by Crippen LogP contribution is -2.32. The molecule has 0 aliphatic rings. The van der Waals surface area contributed by atoms with E-state index >= 15 is 0 Å². The number of nitro benzene ring substituents is 1. The molecule has 19 heavy (non-hydrogen) atoms. The second kappa shape index (κ2) is 6.48. The Balaban J connectivity index is 3.32. The lowest BCUT2D eigenvalue weighted by Gasteiger charge is -2.27. The molecule has 1 aromatic carbocycles. The number of benzene rings is 1. The van der Waals surface area contributed by atoms with Gasteiger partial charge in [0.1, 0.15) is 11.5 Å². The van der Waals surface area contributed by atoms with E-state index in [2.05, 4.69) is 15.9 Å². The SMILES string of the molecule is CC(C)N(CCC#N)c1cc(Br)c(F)cc1[N+](=O)[O-]. The fraction of sp³-hybridized carbons (Fsp3) is 0.417. The van der Waals surface area contributed by atoms with Gasteiger partial charge in [0.2, 0.25) is 0 Å². The number of nitrogens with zero attached hydrogens (tertiary/aromatic N) is 3. The van der Waals surface area contributed by atoms with Gasteiger partial charge in [0.15, 0.2) is 0 Å². The van der Waals surface area contributed by atoms with Gasteiger partial charge in [0.25, 0.3) is 5.69 Å². The van der Waals surface area contributed by atoms with E-state index in [9.17, 15) is 14.5 Å². The Hall–Kier alpha value is -1.68. The number of nitro groups is 1. The van der Waals surface area contributed by atoms with Crippen LogP contribution in [-0.4, -0.2) is 17.5 Å². The maximum atomic E-state index is 13.4. The summed E-state index contributed by atoms with van der Waals surface area (Å²) < 4.78 is 13.6. The number of hydrogen-bond donors (Lipinski definition) is 0. The highest BCUT2D eigenvalue weighted by atomic mass is 79.9. The Kier molecular flexibility index (Phi) is 5.24. The van der Waals surface area contributed by atoms with E-state index in [1.807, 2.05) is 19.9 Å². The maximum absolute atomic E-state index is 13.4. The van der Waals surface area contributed by atoms with Crippen LogP contribution in [0.3, 0.4) is 0 Å². The monoisotopic (exact) mass is 329 g/mol. The van der Waals surface area contributed by atoms with E-state index in [0.717, 1.165) is 6.07 Å². The lowest BCUT2D eigenvalue weighted by molar-refractivity contribution is -0.384. The summed E-state index contributed by atoms with van der Waals surface area (Å²) in [5.74, 6) is -0.681. The predicted octanol–water partition coefficient (Wildman–Crippen LogP) is 3.62. The van der Waals surface area contributed by atoms with Crippen LogP contribution in [0, 0.1) is 27.3 Å². The minimum absolute atomic E-state index is 0.0376. The molecular formula is C12H13BrFN3O2. The summed E-state index contributed by atoms with van der Waals surface area (Å²) in [4.78, 5) is 12.1. The molecule has 1 aromatic rings. The molecule has 0 radical (unpaired) electrons. The second-order valence-electron chi connectivity index (χ2n) is 4.21. The molecule has 7 heteroatoms. The zero-order valence-corrected chi connectivity index (χ0v) is 12.1. The van der Waals surface area contributed by atoms with Crippen LogP contribution in [0.1, 0.15) is 20.3 Å². The first-order valence-electron chi connectivity index (χ1n) is 5.65. The normalized spacial score (nSPS) is 10.3. The van der Waals surface area contributed by atoms with Crippen LogP contribution in [0.4, 0.5) is 15.8 Å². The van der Waals surface area contributed by atoms with E-state index < -0.39 is 10.7 Å². The zero-order valence-electron chi connectivity index (χ0n) is 10.6. The van der Waals surface area contributed by atoms with Crippen molar-refractivity contribution in [1.82, 2.24) is 0 Å². The Morgan fingerprint density at radius 2 is 2.21 bits per heavy atom. The lowest BCUT2D eigenvalue weighted by atomic mass is 10.2. The van der Waals surface area contributed by atoms with Crippen molar-refractivity contribution in [2.24, 2.45) is 0 Å². The van der Waals surface area contributed by atoms with Crippen LogP contribution in [0.5, 0.6) is 0 Å². The molecule has 0 saturated heterocycles. The number of anilines is 1. The molecule has 0 aliphatic heterocycles. The van der Waals surface area contributed by atoms with E-state index in [0.29, 0.717) is 12.2 Å². The third kappa shape index (κ3) is 3.64. The predicted molar refractivity (Wildman–Crippen MR) is 73.5 cm³/mol. The quantitative estimate of drug-likeness (QED) is 0.611. The first-order valence-corrected chi connectivity index (χ1v) is 6.44. The maximum Gasteiger partial charge on any atom is 0.295 e. The summed E-state index contributed by atoms with van der Waals surface area (Å²) in [7, 11) is 0. The number of halogens is 2. The van der Waals surface area contributed by atoms with Gasteiger partial charge < -0.3 is 4.90 Å². The Bertz CT molecular complexity index is 528. The van der Waals surface area contributed by atoms with E-state index in [1.165, 1.54) is 6.07 Å². The summed E-state index contributed by atoms with van der Waals surface area (Å²) in [6.07, 6.45) is 0.240. The van der Waals surface area contributed by atoms with E-state index in [4.69, 9.17) is 5.26 Å². The largest absolute Gasteiger partial charge is 0.362 e. The molecule has 0 aromatic heterocycles. The highest BCUT2D eigenvalue weighted by Crippen LogP contribution is 2.34. The molecule has 0 atom stereocenters. The zero-order chi connectivity index (χ0) is 14.6. The summed E-state index contributed by atoms with van der Waals surface area (Å²) in [6, 6.07) is 4.23. The van der Waals surface area contributed by atoms with Gasteiger partial charge in [-0.25, -0.2) is 4.39 Å². The average Bonchev–Trinajstić information content (AvgIpc) is 2.32. The minimum Gasteiger partial charge on any atom is -0.362 e. The fourth-order valence-electron chi connectivity index (χ4n) is 1.73. The van der Waals surface area contributed by atoms with Crippen molar-refractivity contribution >= 4 is 27.3 Å². The van der Waals surface area contributed by atoms with Gasteiger partial charge in [-0.15, -0.1) is 0 Å². The third-order valence-electron chi connectivity index (χ3n) is 2.61. The van der Waals surface area contributed by atoms with Crippen molar-refractivity contribution in [1.29, 1.82) is 5.26 Å². The Labute approximate surface area is 118 Å². The first kappa shape index (κ1) is 15.4. The van der Waals surface area contributed by atoms with Crippen molar-refractivity contribution < 1.29 is 9.31 Å². The summed E-state index contributed by atoms with van der Waals surface area (Å²) in [5.41, 5.74) is 0.0101. The molecular weight excluding hydrogens is 317 g/mol. The molecule has 0 amide bonds. The minimum atomic E-state index is -0.681. The molecule has 0 fully saturated rings. The van der Waals surface area contributed by atoms with Crippen LogP contribution >= 0.6 is 15.9 Å². The third-order valence-corrected chi connectivity index (χ3v) is 3.22. The fourth-order valence-corrected chi connectivity index (χ4v) is 2.06. The number of hydrogen-bond acceptors (Lipinski definition) is 4. The van der Waals surface area contributed by atoms with Crippen molar-refractivity contribution in [2.45, 2.75) is 26.3 Å². The standard InChI is InChI=1S/C12H13BrFN3O2/c1-8(2)16(5-3-4-15)11-6-9(13)10(14)7-12(11)17(18)19/h6-8H,3,5H2,1-2H3. The average molecular weight is 330 g/mol. The Morgan fingerprint density at radius 3 is 2.68 bits per heavy atom. The van der Waals surface area contributed by atoms with E-state index in [1.54, 1.807) is 4.90 Å². The molecule has 0 heterocycles. The summed E-state index contributed by atoms with van der Waals surface area (Å²) >= 11 is 3.03. The van der Waals surface area contributed by atoms with E-state index in [-0.39, 0.29) is 22.6 Å². The molecule has 0 bridgehead atoms. The molecule has 102 valence electrons. The summed E-state index contributed by atoms with van der Waals surface area (Å²) in [5, 5.41) is 19.7. The molecule has 5 nitrogen and oxygen atoms in total.